The minimum atomic E-state index is -0.240. The van der Waals surface area contributed by atoms with Gasteiger partial charge < -0.3 is 15.0 Å². The number of aryl methyl sites for hydroxylation is 1. The first-order chi connectivity index (χ1) is 15.9. The molecular weight excluding hydrogens is 418 g/mol. The van der Waals surface area contributed by atoms with Crippen LogP contribution in [0.25, 0.3) is 22.0 Å². The van der Waals surface area contributed by atoms with E-state index in [0.717, 1.165) is 40.9 Å². The Morgan fingerprint density at radius 1 is 1.03 bits per heavy atom. The molecule has 33 heavy (non-hydrogen) atoms. The monoisotopic (exact) mass is 443 g/mol. The van der Waals surface area contributed by atoms with Crippen LogP contribution in [-0.4, -0.2) is 55.9 Å². The zero-order valence-corrected chi connectivity index (χ0v) is 18.8. The van der Waals surface area contributed by atoms with Crippen molar-refractivity contribution in [1.29, 1.82) is 0 Å². The molecule has 0 spiro atoms. The average molecular weight is 444 g/mol. The number of carbonyl (C=O) groups is 1. The second-order valence-electron chi connectivity index (χ2n) is 8.41. The van der Waals surface area contributed by atoms with Crippen LogP contribution in [0.4, 0.5) is 11.6 Å². The van der Waals surface area contributed by atoms with E-state index in [9.17, 15) is 4.79 Å². The zero-order valence-electron chi connectivity index (χ0n) is 18.8. The molecule has 1 fully saturated rings. The highest BCUT2D eigenvalue weighted by atomic mass is 16.5. The van der Waals surface area contributed by atoms with Gasteiger partial charge in [0.1, 0.15) is 11.6 Å². The molecule has 168 valence electrons. The molecule has 1 aliphatic rings. The first-order valence-electron chi connectivity index (χ1n) is 10.9. The fourth-order valence-electron chi connectivity index (χ4n) is 4.11. The van der Waals surface area contributed by atoms with E-state index in [1.165, 1.54) is 0 Å². The molecular formula is C24H25N7O2. The largest absolute Gasteiger partial charge is 0.372 e. The third-order valence-corrected chi connectivity index (χ3v) is 5.60. The summed E-state index contributed by atoms with van der Waals surface area (Å²) in [5.41, 5.74) is 3.20. The second kappa shape index (κ2) is 8.59. The molecule has 0 saturated carbocycles. The Bertz CT molecular complexity index is 1310. The number of hydrogen-bond donors (Lipinski definition) is 1. The van der Waals surface area contributed by atoms with Crippen LogP contribution in [0.15, 0.2) is 55.2 Å². The van der Waals surface area contributed by atoms with Gasteiger partial charge in [-0.15, -0.1) is 0 Å². The van der Waals surface area contributed by atoms with Gasteiger partial charge in [-0.25, -0.2) is 9.97 Å². The van der Waals surface area contributed by atoms with Crippen LogP contribution in [0.2, 0.25) is 0 Å². The summed E-state index contributed by atoms with van der Waals surface area (Å²) in [5.74, 6) is 0.988. The summed E-state index contributed by atoms with van der Waals surface area (Å²) in [7, 11) is 1.88. The van der Waals surface area contributed by atoms with E-state index < -0.39 is 0 Å². The van der Waals surface area contributed by atoms with Crippen molar-refractivity contribution in [3.63, 3.8) is 0 Å². The maximum atomic E-state index is 13.0. The third-order valence-electron chi connectivity index (χ3n) is 5.60. The molecule has 9 heteroatoms. The van der Waals surface area contributed by atoms with Crippen LogP contribution in [0, 0.1) is 0 Å². The summed E-state index contributed by atoms with van der Waals surface area (Å²) in [6.45, 7) is 5.56. The zero-order chi connectivity index (χ0) is 22.9. The number of aromatic nitrogens is 5. The number of amides is 1. The van der Waals surface area contributed by atoms with Crippen molar-refractivity contribution in [2.45, 2.75) is 26.1 Å². The molecule has 1 amide bonds. The van der Waals surface area contributed by atoms with Crippen LogP contribution in [0.5, 0.6) is 0 Å². The normalized spacial score (nSPS) is 18.5. The number of nitrogens with zero attached hydrogens (tertiary/aromatic N) is 6. The van der Waals surface area contributed by atoms with E-state index >= 15 is 0 Å². The van der Waals surface area contributed by atoms with Gasteiger partial charge in [0, 0.05) is 60.8 Å². The molecule has 0 aliphatic carbocycles. The minimum Gasteiger partial charge on any atom is -0.372 e. The highest BCUT2D eigenvalue weighted by Gasteiger charge is 2.23. The van der Waals surface area contributed by atoms with Crippen molar-refractivity contribution in [2.24, 2.45) is 7.05 Å². The van der Waals surface area contributed by atoms with E-state index in [1.54, 1.807) is 35.5 Å². The van der Waals surface area contributed by atoms with Gasteiger partial charge in [-0.05, 0) is 38.1 Å². The van der Waals surface area contributed by atoms with Crippen molar-refractivity contribution in [3.05, 3.63) is 60.8 Å². The number of fused-ring (bicyclic) bond motifs is 1. The van der Waals surface area contributed by atoms with Gasteiger partial charge in [0.2, 0.25) is 0 Å². The molecule has 0 radical (unpaired) electrons. The van der Waals surface area contributed by atoms with Crippen LogP contribution in [-0.2, 0) is 11.8 Å². The minimum absolute atomic E-state index is 0.111. The maximum Gasteiger partial charge on any atom is 0.257 e. The van der Waals surface area contributed by atoms with E-state index in [2.05, 4.69) is 30.3 Å². The second-order valence-corrected chi connectivity index (χ2v) is 8.41. The first kappa shape index (κ1) is 21.0. The van der Waals surface area contributed by atoms with Crippen LogP contribution < -0.4 is 10.2 Å². The fraction of sp³-hybridized carbons (Fsp3) is 0.292. The van der Waals surface area contributed by atoms with Crippen molar-refractivity contribution < 1.29 is 9.53 Å². The molecule has 4 aromatic rings. The van der Waals surface area contributed by atoms with Crippen molar-refractivity contribution >= 4 is 28.4 Å². The summed E-state index contributed by atoms with van der Waals surface area (Å²) in [5, 5.41) is 8.00. The predicted molar refractivity (Wildman–Crippen MR) is 126 cm³/mol. The molecule has 0 unspecified atom stereocenters. The van der Waals surface area contributed by atoms with Crippen molar-refractivity contribution in [1.82, 2.24) is 24.7 Å². The Morgan fingerprint density at radius 3 is 2.61 bits per heavy atom. The molecule has 5 rings (SSSR count). The summed E-state index contributed by atoms with van der Waals surface area (Å²) in [4.78, 5) is 28.4. The molecule has 0 bridgehead atoms. The number of pyridine rings is 3. The topological polar surface area (TPSA) is 98.1 Å². The molecule has 9 nitrogen and oxygen atoms in total. The predicted octanol–water partition coefficient (Wildman–Crippen LogP) is 3.29. The standard InChI is InChI=1S/C24H25N7O2/c1-15-12-31(13-16(2)33-15)23-8-17(4-5-25-23)24(32)29-22-7-18-6-19(9-26-21(18)11-27-22)20-10-28-30(3)14-20/h4-11,14-16H,12-13H2,1-3H3,(H,27,29,32)/t15-,16+. The lowest BCUT2D eigenvalue weighted by atomic mass is 10.1. The van der Waals surface area contributed by atoms with E-state index in [1.807, 2.05) is 45.3 Å². The lowest BCUT2D eigenvalue weighted by Crippen LogP contribution is -2.45. The van der Waals surface area contributed by atoms with Crippen molar-refractivity contribution in [3.8, 4) is 11.1 Å². The van der Waals surface area contributed by atoms with Crippen LogP contribution in [0.3, 0.4) is 0 Å². The summed E-state index contributed by atoms with van der Waals surface area (Å²) in [6.07, 6.45) is 9.07. The van der Waals surface area contributed by atoms with Crippen LogP contribution in [0.1, 0.15) is 24.2 Å². The number of ether oxygens (including phenoxy) is 1. The first-order valence-corrected chi connectivity index (χ1v) is 10.9. The average Bonchev–Trinajstić information content (AvgIpc) is 3.24. The maximum absolute atomic E-state index is 13.0. The SMILES string of the molecule is C[C@@H]1CN(c2cc(C(=O)Nc3cc4cc(-c5cnn(C)c5)cnc4cn3)ccn2)C[C@H](C)O1. The van der Waals surface area contributed by atoms with Crippen LogP contribution >= 0.6 is 0 Å². The van der Waals surface area contributed by atoms with Gasteiger partial charge in [-0.3, -0.25) is 14.5 Å². The summed E-state index contributed by atoms with van der Waals surface area (Å²) < 4.78 is 7.55. The van der Waals surface area contributed by atoms with Gasteiger partial charge in [0.25, 0.3) is 5.91 Å². The number of rotatable bonds is 4. The van der Waals surface area contributed by atoms with E-state index in [0.29, 0.717) is 11.4 Å². The van der Waals surface area contributed by atoms with Gasteiger partial charge in [-0.2, -0.15) is 5.10 Å². The summed E-state index contributed by atoms with van der Waals surface area (Å²) in [6, 6.07) is 7.36. The summed E-state index contributed by atoms with van der Waals surface area (Å²) >= 11 is 0. The van der Waals surface area contributed by atoms with Gasteiger partial charge >= 0.3 is 0 Å². The third kappa shape index (κ3) is 4.54. The quantitative estimate of drug-likeness (QED) is 0.517. The molecule has 1 saturated heterocycles. The molecule has 2 atom stereocenters. The van der Waals surface area contributed by atoms with Gasteiger partial charge in [0.15, 0.2) is 0 Å². The van der Waals surface area contributed by atoms with E-state index in [4.69, 9.17) is 4.74 Å². The highest BCUT2D eigenvalue weighted by Crippen LogP contribution is 2.24. The highest BCUT2D eigenvalue weighted by molar-refractivity contribution is 6.04. The Balaban J connectivity index is 1.36. The number of nitrogens with one attached hydrogen (secondary N) is 1. The molecule has 5 heterocycles. The van der Waals surface area contributed by atoms with Crippen molar-refractivity contribution in [2.75, 3.05) is 23.3 Å². The number of anilines is 2. The Labute approximate surface area is 191 Å². The molecule has 0 aromatic carbocycles. The number of morpholine rings is 1. The van der Waals surface area contributed by atoms with Gasteiger partial charge in [-0.1, -0.05) is 0 Å². The lowest BCUT2D eigenvalue weighted by Gasteiger charge is -2.36. The van der Waals surface area contributed by atoms with Gasteiger partial charge in [0.05, 0.1) is 30.1 Å². The lowest BCUT2D eigenvalue weighted by molar-refractivity contribution is -0.00545. The molecule has 1 N–H and O–H groups in total. The number of hydrogen-bond acceptors (Lipinski definition) is 7. The number of carbonyl (C=O) groups excluding carboxylic acids is 1. The fourth-order valence-corrected chi connectivity index (χ4v) is 4.11. The molecule has 1 aliphatic heterocycles. The molecule has 4 aromatic heterocycles. The smallest absolute Gasteiger partial charge is 0.257 e. The Morgan fingerprint density at radius 2 is 1.85 bits per heavy atom. The Kier molecular flexibility index (Phi) is 5.47. The Hall–Kier alpha value is -3.85. The van der Waals surface area contributed by atoms with E-state index in [-0.39, 0.29) is 18.1 Å².